The van der Waals surface area contributed by atoms with Crippen molar-refractivity contribution in [3.8, 4) is 5.75 Å². The summed E-state index contributed by atoms with van der Waals surface area (Å²) in [6, 6.07) is 18.9. The maximum Gasteiger partial charge on any atom is 0.264 e. The molecule has 1 unspecified atom stereocenters. The molecule has 0 bridgehead atoms. The summed E-state index contributed by atoms with van der Waals surface area (Å²) in [4.78, 5) is 27.1. The second kappa shape index (κ2) is 11.7. The van der Waals surface area contributed by atoms with Gasteiger partial charge in [-0.3, -0.25) is 13.9 Å². The van der Waals surface area contributed by atoms with E-state index in [-0.39, 0.29) is 22.7 Å². The van der Waals surface area contributed by atoms with E-state index in [0.717, 1.165) is 9.21 Å². The molecule has 0 heterocycles. The first-order valence-electron chi connectivity index (χ1n) is 11.2. The largest absolute Gasteiger partial charge is 0.497 e. The smallest absolute Gasteiger partial charge is 0.264 e. The standard InChI is InChI=1S/C26H28FN3O5S/c1-19(26(32)28-2)29(17-20-9-7-8-12-24(20)27)25(31)18-30(21-10-5-4-6-11-21)36(33,34)23-15-13-22(35-3)14-16-23/h4-16,19H,17-18H2,1-3H3,(H,28,32). The molecule has 1 atom stereocenters. The fraction of sp³-hybridized carbons (Fsp3) is 0.231. The molecule has 0 aliphatic heterocycles. The summed E-state index contributed by atoms with van der Waals surface area (Å²) in [5.41, 5.74) is 0.464. The minimum Gasteiger partial charge on any atom is -0.497 e. The molecule has 0 spiro atoms. The molecule has 0 aliphatic carbocycles. The van der Waals surface area contributed by atoms with E-state index >= 15 is 0 Å². The van der Waals surface area contributed by atoms with Crippen molar-refractivity contribution in [2.24, 2.45) is 0 Å². The molecular weight excluding hydrogens is 485 g/mol. The van der Waals surface area contributed by atoms with Crippen LogP contribution in [-0.4, -0.2) is 51.9 Å². The maximum atomic E-state index is 14.4. The number of hydrogen-bond donors (Lipinski definition) is 1. The highest BCUT2D eigenvalue weighted by Crippen LogP contribution is 2.26. The number of nitrogens with zero attached hydrogens (tertiary/aromatic N) is 2. The Hall–Kier alpha value is -3.92. The average Bonchev–Trinajstić information content (AvgIpc) is 2.90. The number of para-hydroxylation sites is 1. The number of methoxy groups -OCH3 is 1. The van der Waals surface area contributed by atoms with Gasteiger partial charge in [-0.2, -0.15) is 0 Å². The van der Waals surface area contributed by atoms with Crippen LogP contribution in [0.5, 0.6) is 5.75 Å². The molecular formula is C26H28FN3O5S. The fourth-order valence-corrected chi connectivity index (χ4v) is 5.01. The molecule has 3 rings (SSSR count). The quantitative estimate of drug-likeness (QED) is 0.449. The highest BCUT2D eigenvalue weighted by molar-refractivity contribution is 7.92. The predicted octanol–water partition coefficient (Wildman–Crippen LogP) is 3.19. The number of benzene rings is 3. The number of carbonyl (C=O) groups is 2. The van der Waals surface area contributed by atoms with Gasteiger partial charge >= 0.3 is 0 Å². The van der Waals surface area contributed by atoms with Crippen molar-refractivity contribution in [3.63, 3.8) is 0 Å². The average molecular weight is 514 g/mol. The molecule has 36 heavy (non-hydrogen) atoms. The van der Waals surface area contributed by atoms with E-state index in [1.165, 1.54) is 63.5 Å². The number of halogens is 1. The molecule has 3 aromatic rings. The van der Waals surface area contributed by atoms with Gasteiger partial charge in [-0.05, 0) is 49.4 Å². The van der Waals surface area contributed by atoms with Crippen LogP contribution >= 0.6 is 0 Å². The Morgan fingerprint density at radius 1 is 0.972 bits per heavy atom. The first-order valence-corrected chi connectivity index (χ1v) is 12.6. The van der Waals surface area contributed by atoms with Gasteiger partial charge in [0.15, 0.2) is 0 Å². The Morgan fingerprint density at radius 2 is 1.58 bits per heavy atom. The van der Waals surface area contributed by atoms with E-state index in [1.807, 2.05) is 0 Å². The number of anilines is 1. The van der Waals surface area contributed by atoms with E-state index in [4.69, 9.17) is 4.74 Å². The SMILES string of the molecule is CNC(=O)C(C)N(Cc1ccccc1F)C(=O)CN(c1ccccc1)S(=O)(=O)c1ccc(OC)cc1. The second-order valence-electron chi connectivity index (χ2n) is 7.93. The molecule has 190 valence electrons. The molecule has 1 N–H and O–H groups in total. The van der Waals surface area contributed by atoms with Crippen LogP contribution in [-0.2, 0) is 26.2 Å². The minimum atomic E-state index is -4.18. The van der Waals surface area contributed by atoms with Crippen LogP contribution in [0.2, 0.25) is 0 Å². The Labute approximate surface area is 210 Å². The molecule has 0 radical (unpaired) electrons. The molecule has 0 aliphatic rings. The van der Waals surface area contributed by atoms with E-state index in [1.54, 1.807) is 36.4 Å². The van der Waals surface area contributed by atoms with Crippen molar-refractivity contribution >= 4 is 27.5 Å². The lowest BCUT2D eigenvalue weighted by atomic mass is 10.1. The van der Waals surface area contributed by atoms with Gasteiger partial charge in [-0.15, -0.1) is 0 Å². The number of amides is 2. The zero-order chi connectivity index (χ0) is 26.3. The van der Waals surface area contributed by atoms with Crippen LogP contribution in [0.1, 0.15) is 12.5 Å². The zero-order valence-corrected chi connectivity index (χ0v) is 21.0. The van der Waals surface area contributed by atoms with E-state index in [2.05, 4.69) is 5.32 Å². The lowest BCUT2D eigenvalue weighted by Gasteiger charge is -2.31. The topological polar surface area (TPSA) is 96.0 Å². The van der Waals surface area contributed by atoms with Gasteiger partial charge in [0.05, 0.1) is 17.7 Å². The van der Waals surface area contributed by atoms with Gasteiger partial charge < -0.3 is 15.0 Å². The summed E-state index contributed by atoms with van der Waals surface area (Å²) in [6.45, 7) is 0.682. The molecule has 0 fully saturated rings. The monoisotopic (exact) mass is 513 g/mol. The second-order valence-corrected chi connectivity index (χ2v) is 9.79. The van der Waals surface area contributed by atoms with Crippen molar-refractivity contribution in [1.82, 2.24) is 10.2 Å². The zero-order valence-electron chi connectivity index (χ0n) is 20.2. The number of carbonyl (C=O) groups excluding carboxylic acids is 2. The van der Waals surface area contributed by atoms with Gasteiger partial charge in [0, 0.05) is 19.2 Å². The first kappa shape index (κ1) is 26.7. The predicted molar refractivity (Wildman–Crippen MR) is 134 cm³/mol. The van der Waals surface area contributed by atoms with Crippen molar-refractivity contribution in [2.75, 3.05) is 25.0 Å². The molecule has 0 saturated heterocycles. The summed E-state index contributed by atoms with van der Waals surface area (Å²) in [5, 5.41) is 2.48. The summed E-state index contributed by atoms with van der Waals surface area (Å²) in [5.74, 6) is -1.20. The van der Waals surface area contributed by atoms with Crippen LogP contribution in [0.4, 0.5) is 10.1 Å². The number of rotatable bonds is 10. The van der Waals surface area contributed by atoms with Crippen LogP contribution in [0.3, 0.4) is 0 Å². The molecule has 8 nitrogen and oxygen atoms in total. The third kappa shape index (κ3) is 6.01. The highest BCUT2D eigenvalue weighted by atomic mass is 32.2. The third-order valence-electron chi connectivity index (χ3n) is 5.68. The number of hydrogen-bond acceptors (Lipinski definition) is 5. The van der Waals surface area contributed by atoms with Gasteiger partial charge in [-0.25, -0.2) is 12.8 Å². The number of ether oxygens (including phenoxy) is 1. The first-order chi connectivity index (χ1) is 17.2. The summed E-state index contributed by atoms with van der Waals surface area (Å²) >= 11 is 0. The molecule has 2 amide bonds. The Bertz CT molecular complexity index is 1300. The summed E-state index contributed by atoms with van der Waals surface area (Å²) in [6.07, 6.45) is 0. The number of sulfonamides is 1. The van der Waals surface area contributed by atoms with Crippen molar-refractivity contribution in [1.29, 1.82) is 0 Å². The van der Waals surface area contributed by atoms with Crippen LogP contribution in [0.25, 0.3) is 0 Å². The molecule has 3 aromatic carbocycles. The van der Waals surface area contributed by atoms with Crippen molar-refractivity contribution < 1.29 is 27.1 Å². The highest BCUT2D eigenvalue weighted by Gasteiger charge is 2.32. The van der Waals surface area contributed by atoms with Gasteiger partial charge in [-0.1, -0.05) is 36.4 Å². The van der Waals surface area contributed by atoms with Gasteiger partial charge in [0.1, 0.15) is 24.2 Å². The Balaban J connectivity index is 2.01. The van der Waals surface area contributed by atoms with Gasteiger partial charge in [0.2, 0.25) is 11.8 Å². The van der Waals surface area contributed by atoms with Crippen LogP contribution < -0.4 is 14.4 Å². The number of nitrogens with one attached hydrogen (secondary N) is 1. The van der Waals surface area contributed by atoms with Crippen LogP contribution in [0, 0.1) is 5.82 Å². The van der Waals surface area contributed by atoms with E-state index < -0.39 is 40.2 Å². The molecule has 0 saturated carbocycles. The maximum absolute atomic E-state index is 14.4. The molecule has 0 aromatic heterocycles. The fourth-order valence-electron chi connectivity index (χ4n) is 3.60. The summed E-state index contributed by atoms with van der Waals surface area (Å²) < 4.78 is 47.8. The van der Waals surface area contributed by atoms with Crippen LogP contribution in [0.15, 0.2) is 83.8 Å². The van der Waals surface area contributed by atoms with Crippen molar-refractivity contribution in [3.05, 3.63) is 90.2 Å². The van der Waals surface area contributed by atoms with Gasteiger partial charge in [0.25, 0.3) is 10.0 Å². The van der Waals surface area contributed by atoms with E-state index in [9.17, 15) is 22.4 Å². The third-order valence-corrected chi connectivity index (χ3v) is 7.47. The summed E-state index contributed by atoms with van der Waals surface area (Å²) in [7, 11) is -1.29. The minimum absolute atomic E-state index is 0.0417. The van der Waals surface area contributed by atoms with E-state index in [0.29, 0.717) is 5.75 Å². The lowest BCUT2D eigenvalue weighted by molar-refractivity contribution is -0.139. The number of likely N-dealkylation sites (N-methyl/N-ethyl adjacent to an activating group) is 1. The Morgan fingerprint density at radius 3 is 2.17 bits per heavy atom. The molecule has 10 heteroatoms. The van der Waals surface area contributed by atoms with Crippen molar-refractivity contribution in [2.45, 2.75) is 24.4 Å². The lowest BCUT2D eigenvalue weighted by Crippen LogP contribution is -2.50. The normalized spacial score (nSPS) is 11.9. The Kier molecular flexibility index (Phi) is 8.65.